The summed E-state index contributed by atoms with van der Waals surface area (Å²) in [6, 6.07) is 8.98. The van der Waals surface area contributed by atoms with Crippen LogP contribution in [-0.4, -0.2) is 41.1 Å². The number of carboxylic acid groups (broad SMARTS) is 1. The fourth-order valence-corrected chi connectivity index (χ4v) is 1.73. The molecule has 0 radical (unpaired) electrons. The van der Waals surface area contributed by atoms with Gasteiger partial charge in [-0.3, -0.25) is 9.59 Å². The number of benzene rings is 1. The molecule has 1 aromatic rings. The minimum absolute atomic E-state index is 0.180. The van der Waals surface area contributed by atoms with Crippen LogP contribution in [0.3, 0.4) is 0 Å². The van der Waals surface area contributed by atoms with E-state index in [0.717, 1.165) is 0 Å². The van der Waals surface area contributed by atoms with Crippen molar-refractivity contribution >= 4 is 11.9 Å². The number of carboxylic acids is 1. The molecule has 1 aromatic carbocycles. The summed E-state index contributed by atoms with van der Waals surface area (Å²) in [5.74, 6) is -0.824. The highest BCUT2D eigenvalue weighted by atomic mass is 16.5. The van der Waals surface area contributed by atoms with E-state index in [2.05, 4.69) is 6.58 Å². The Balaban J connectivity index is 2.77. The van der Waals surface area contributed by atoms with Crippen LogP contribution in [0.1, 0.15) is 13.3 Å². The maximum Gasteiger partial charge on any atom is 0.323 e. The van der Waals surface area contributed by atoms with Crippen LogP contribution < -0.4 is 4.74 Å². The molecule has 1 unspecified atom stereocenters. The van der Waals surface area contributed by atoms with Crippen LogP contribution >= 0.6 is 0 Å². The number of para-hydroxylation sites is 1. The van der Waals surface area contributed by atoms with E-state index in [0.29, 0.717) is 12.2 Å². The van der Waals surface area contributed by atoms with Gasteiger partial charge in [0.05, 0.1) is 0 Å². The monoisotopic (exact) mass is 277 g/mol. The first kappa shape index (κ1) is 15.8. The first-order valence-electron chi connectivity index (χ1n) is 6.41. The molecule has 5 nitrogen and oxygen atoms in total. The lowest BCUT2D eigenvalue weighted by Gasteiger charge is -2.25. The zero-order valence-electron chi connectivity index (χ0n) is 11.5. The third-order valence-corrected chi connectivity index (χ3v) is 2.66. The van der Waals surface area contributed by atoms with E-state index in [-0.39, 0.29) is 19.0 Å². The van der Waals surface area contributed by atoms with Crippen molar-refractivity contribution < 1.29 is 19.4 Å². The van der Waals surface area contributed by atoms with Crippen molar-refractivity contribution in [2.45, 2.75) is 19.4 Å². The lowest BCUT2D eigenvalue weighted by molar-refractivity contribution is -0.147. The largest absolute Gasteiger partial charge is 0.481 e. The van der Waals surface area contributed by atoms with Gasteiger partial charge < -0.3 is 14.7 Å². The first-order valence-corrected chi connectivity index (χ1v) is 6.41. The molecule has 5 heteroatoms. The van der Waals surface area contributed by atoms with Gasteiger partial charge in [-0.2, -0.15) is 0 Å². The Labute approximate surface area is 118 Å². The summed E-state index contributed by atoms with van der Waals surface area (Å²) < 4.78 is 5.62. The Hall–Kier alpha value is -2.30. The highest BCUT2D eigenvalue weighted by Gasteiger charge is 2.25. The Morgan fingerprint density at radius 3 is 2.55 bits per heavy atom. The van der Waals surface area contributed by atoms with Gasteiger partial charge in [0.2, 0.25) is 0 Å². The highest BCUT2D eigenvalue weighted by molar-refractivity contribution is 5.85. The number of aliphatic carboxylic acids is 1. The SMILES string of the molecule is C=CCN(CC(=O)O)C(=O)C(CC)Oc1ccccc1. The number of carbonyl (C=O) groups excluding carboxylic acids is 1. The van der Waals surface area contributed by atoms with Crippen LogP contribution in [0.25, 0.3) is 0 Å². The third-order valence-electron chi connectivity index (χ3n) is 2.66. The summed E-state index contributed by atoms with van der Waals surface area (Å²) in [4.78, 5) is 24.3. The van der Waals surface area contributed by atoms with Gasteiger partial charge in [-0.25, -0.2) is 0 Å². The molecule has 108 valence electrons. The molecule has 0 aliphatic carbocycles. The third kappa shape index (κ3) is 4.76. The van der Waals surface area contributed by atoms with E-state index < -0.39 is 12.1 Å². The van der Waals surface area contributed by atoms with Gasteiger partial charge in [0.1, 0.15) is 12.3 Å². The molecule has 0 spiro atoms. The molecular formula is C15H19NO4. The van der Waals surface area contributed by atoms with Crippen molar-refractivity contribution in [1.82, 2.24) is 4.90 Å². The zero-order chi connectivity index (χ0) is 15.0. The summed E-state index contributed by atoms with van der Waals surface area (Å²) in [6.07, 6.45) is 1.26. The predicted molar refractivity (Wildman–Crippen MR) is 75.6 cm³/mol. The van der Waals surface area contributed by atoms with Gasteiger partial charge >= 0.3 is 5.97 Å². The molecule has 1 N–H and O–H groups in total. The maximum absolute atomic E-state index is 12.3. The molecule has 1 amide bonds. The molecule has 0 saturated carbocycles. The first-order chi connectivity index (χ1) is 9.58. The molecule has 0 bridgehead atoms. The van der Waals surface area contributed by atoms with Crippen LogP contribution in [0.2, 0.25) is 0 Å². The summed E-state index contributed by atoms with van der Waals surface area (Å²) >= 11 is 0. The average Bonchev–Trinajstić information content (AvgIpc) is 2.44. The average molecular weight is 277 g/mol. The Morgan fingerprint density at radius 1 is 1.40 bits per heavy atom. The lowest BCUT2D eigenvalue weighted by atomic mass is 10.2. The zero-order valence-corrected chi connectivity index (χ0v) is 11.5. The summed E-state index contributed by atoms with van der Waals surface area (Å²) in [7, 11) is 0. The molecular weight excluding hydrogens is 258 g/mol. The molecule has 20 heavy (non-hydrogen) atoms. The number of rotatable bonds is 8. The molecule has 0 saturated heterocycles. The van der Waals surface area contributed by atoms with E-state index in [1.165, 1.54) is 11.0 Å². The Bertz CT molecular complexity index is 458. The van der Waals surface area contributed by atoms with Gasteiger partial charge in [0, 0.05) is 6.54 Å². The smallest absolute Gasteiger partial charge is 0.323 e. The Morgan fingerprint density at radius 2 is 2.05 bits per heavy atom. The van der Waals surface area contributed by atoms with Crippen molar-refractivity contribution in [1.29, 1.82) is 0 Å². The van der Waals surface area contributed by atoms with Crippen molar-refractivity contribution in [2.24, 2.45) is 0 Å². The van der Waals surface area contributed by atoms with Crippen LogP contribution in [-0.2, 0) is 9.59 Å². The molecule has 0 aromatic heterocycles. The standard InChI is InChI=1S/C15H19NO4/c1-3-10-16(11-14(17)18)15(19)13(4-2)20-12-8-6-5-7-9-12/h3,5-9,13H,1,4,10-11H2,2H3,(H,17,18). The molecule has 0 aliphatic heterocycles. The van der Waals surface area contributed by atoms with Crippen LogP contribution in [0.5, 0.6) is 5.75 Å². The topological polar surface area (TPSA) is 66.8 Å². The predicted octanol–water partition coefficient (Wildman–Crippen LogP) is 1.94. The van der Waals surface area contributed by atoms with Gasteiger partial charge in [-0.15, -0.1) is 6.58 Å². The number of nitrogens with zero attached hydrogens (tertiary/aromatic N) is 1. The highest BCUT2D eigenvalue weighted by Crippen LogP contribution is 2.14. The van der Waals surface area contributed by atoms with Crippen LogP contribution in [0.4, 0.5) is 0 Å². The minimum Gasteiger partial charge on any atom is -0.481 e. The summed E-state index contributed by atoms with van der Waals surface area (Å²) in [5.41, 5.74) is 0. The summed E-state index contributed by atoms with van der Waals surface area (Å²) in [6.45, 7) is 5.17. The van der Waals surface area contributed by atoms with Crippen molar-refractivity contribution in [2.75, 3.05) is 13.1 Å². The van der Waals surface area contributed by atoms with E-state index >= 15 is 0 Å². The Kier molecular flexibility index (Phi) is 6.29. The van der Waals surface area contributed by atoms with Gasteiger partial charge in [0.15, 0.2) is 6.10 Å². The van der Waals surface area contributed by atoms with Crippen molar-refractivity contribution in [3.05, 3.63) is 43.0 Å². The second kappa shape index (κ2) is 7.99. The number of hydrogen-bond acceptors (Lipinski definition) is 3. The van der Waals surface area contributed by atoms with Crippen LogP contribution in [0.15, 0.2) is 43.0 Å². The molecule has 0 heterocycles. The minimum atomic E-state index is -1.06. The molecule has 1 rings (SSSR count). The molecule has 0 fully saturated rings. The van der Waals surface area contributed by atoms with E-state index in [1.54, 1.807) is 12.1 Å². The van der Waals surface area contributed by atoms with Gasteiger partial charge in [-0.05, 0) is 18.6 Å². The maximum atomic E-state index is 12.3. The molecule has 0 aliphatic rings. The normalized spacial score (nSPS) is 11.4. The quantitative estimate of drug-likeness (QED) is 0.737. The van der Waals surface area contributed by atoms with Crippen molar-refractivity contribution in [3.63, 3.8) is 0 Å². The number of carbonyl (C=O) groups is 2. The number of amides is 1. The summed E-state index contributed by atoms with van der Waals surface area (Å²) in [5, 5.41) is 8.83. The van der Waals surface area contributed by atoms with Gasteiger partial charge in [-0.1, -0.05) is 31.2 Å². The second-order valence-electron chi connectivity index (χ2n) is 4.23. The van der Waals surface area contributed by atoms with E-state index in [1.807, 2.05) is 25.1 Å². The van der Waals surface area contributed by atoms with E-state index in [4.69, 9.17) is 9.84 Å². The fraction of sp³-hybridized carbons (Fsp3) is 0.333. The number of ether oxygens (including phenoxy) is 1. The second-order valence-corrected chi connectivity index (χ2v) is 4.23. The number of hydrogen-bond donors (Lipinski definition) is 1. The molecule has 1 atom stereocenters. The van der Waals surface area contributed by atoms with E-state index in [9.17, 15) is 9.59 Å². The van der Waals surface area contributed by atoms with Gasteiger partial charge in [0.25, 0.3) is 5.91 Å². The van der Waals surface area contributed by atoms with Crippen molar-refractivity contribution in [3.8, 4) is 5.75 Å². The van der Waals surface area contributed by atoms with Crippen LogP contribution in [0, 0.1) is 0 Å². The lowest BCUT2D eigenvalue weighted by Crippen LogP contribution is -2.44. The fourth-order valence-electron chi connectivity index (χ4n) is 1.73.